The molecular formula is C15H26N4O. The van der Waals surface area contributed by atoms with Gasteiger partial charge in [0.25, 0.3) is 0 Å². The fraction of sp³-hybridized carbons (Fsp3) is 0.800. The third kappa shape index (κ3) is 4.05. The van der Waals surface area contributed by atoms with Crippen molar-refractivity contribution >= 4 is 5.91 Å². The summed E-state index contributed by atoms with van der Waals surface area (Å²) in [5, 5.41) is 9.61. The van der Waals surface area contributed by atoms with Gasteiger partial charge in [0.1, 0.15) is 12.2 Å². The van der Waals surface area contributed by atoms with Crippen molar-refractivity contribution in [2.45, 2.75) is 52.9 Å². The van der Waals surface area contributed by atoms with Crippen molar-refractivity contribution in [3.63, 3.8) is 0 Å². The predicted molar refractivity (Wildman–Crippen MR) is 78.0 cm³/mol. The highest BCUT2D eigenvalue weighted by Crippen LogP contribution is 2.39. The second-order valence-electron chi connectivity index (χ2n) is 6.89. The number of hydrogen-bond acceptors (Lipinski definition) is 3. The number of carbonyl (C=O) groups is 1. The Kier molecular flexibility index (Phi) is 4.78. The molecule has 0 unspecified atom stereocenters. The molecule has 0 atom stereocenters. The Morgan fingerprint density at radius 3 is 2.60 bits per heavy atom. The minimum atomic E-state index is 0.198. The number of H-pyrrole nitrogens is 1. The Balaban J connectivity index is 1.69. The van der Waals surface area contributed by atoms with E-state index in [2.05, 4.69) is 41.3 Å². The molecule has 1 aliphatic rings. The van der Waals surface area contributed by atoms with Gasteiger partial charge in [0.15, 0.2) is 0 Å². The van der Waals surface area contributed by atoms with E-state index in [4.69, 9.17) is 0 Å². The van der Waals surface area contributed by atoms with Gasteiger partial charge >= 0.3 is 0 Å². The molecule has 0 saturated heterocycles. The average molecular weight is 278 g/mol. The summed E-state index contributed by atoms with van der Waals surface area (Å²) < 4.78 is 0. The molecule has 1 aromatic heterocycles. The van der Waals surface area contributed by atoms with Crippen LogP contribution < -0.4 is 5.32 Å². The van der Waals surface area contributed by atoms with E-state index in [0.29, 0.717) is 18.4 Å². The number of hydrogen-bond donors (Lipinski definition) is 2. The number of nitrogens with zero attached hydrogens (tertiary/aromatic N) is 2. The minimum absolute atomic E-state index is 0.198. The Morgan fingerprint density at radius 1 is 1.35 bits per heavy atom. The van der Waals surface area contributed by atoms with Gasteiger partial charge in [0.05, 0.1) is 0 Å². The van der Waals surface area contributed by atoms with Gasteiger partial charge in [-0.05, 0) is 37.0 Å². The number of amides is 1. The SMILES string of the molecule is CC(C)(C)C1CCC(C(=O)NCCc2ncn[nH]2)CC1. The molecule has 1 heterocycles. The van der Waals surface area contributed by atoms with Gasteiger partial charge in [-0.15, -0.1) is 0 Å². The first-order chi connectivity index (χ1) is 9.47. The summed E-state index contributed by atoms with van der Waals surface area (Å²) in [5.74, 6) is 1.97. The quantitative estimate of drug-likeness (QED) is 0.888. The Hall–Kier alpha value is -1.39. The molecule has 0 spiro atoms. The monoisotopic (exact) mass is 278 g/mol. The summed E-state index contributed by atoms with van der Waals surface area (Å²) in [7, 11) is 0. The van der Waals surface area contributed by atoms with Crippen LogP contribution in [0.4, 0.5) is 0 Å². The molecule has 5 nitrogen and oxygen atoms in total. The van der Waals surface area contributed by atoms with Crippen LogP contribution in [0.1, 0.15) is 52.3 Å². The summed E-state index contributed by atoms with van der Waals surface area (Å²) >= 11 is 0. The van der Waals surface area contributed by atoms with E-state index in [1.54, 1.807) is 0 Å². The number of rotatable bonds is 4. The topological polar surface area (TPSA) is 70.7 Å². The first-order valence-electron chi connectivity index (χ1n) is 7.59. The lowest BCUT2D eigenvalue weighted by Gasteiger charge is -2.36. The standard InChI is InChI=1S/C15H26N4O/c1-15(2,3)12-6-4-11(5-7-12)14(20)16-9-8-13-17-10-18-19-13/h10-12H,4-9H2,1-3H3,(H,16,20)(H,17,18,19). The Bertz CT molecular complexity index is 414. The lowest BCUT2D eigenvalue weighted by molar-refractivity contribution is -0.126. The van der Waals surface area contributed by atoms with Crippen molar-refractivity contribution in [2.24, 2.45) is 17.3 Å². The van der Waals surface area contributed by atoms with E-state index in [-0.39, 0.29) is 11.8 Å². The highest BCUT2D eigenvalue weighted by molar-refractivity contribution is 5.78. The molecule has 1 amide bonds. The number of aromatic nitrogens is 3. The van der Waals surface area contributed by atoms with Gasteiger partial charge < -0.3 is 5.32 Å². The fourth-order valence-corrected chi connectivity index (χ4v) is 3.02. The first-order valence-corrected chi connectivity index (χ1v) is 7.59. The third-order valence-corrected chi connectivity index (χ3v) is 4.45. The van der Waals surface area contributed by atoms with E-state index in [1.807, 2.05) is 0 Å². The molecule has 2 rings (SSSR count). The van der Waals surface area contributed by atoms with Gasteiger partial charge in [-0.25, -0.2) is 4.98 Å². The molecule has 20 heavy (non-hydrogen) atoms. The molecule has 1 aliphatic carbocycles. The smallest absolute Gasteiger partial charge is 0.223 e. The van der Waals surface area contributed by atoms with Crippen LogP contribution in [0.25, 0.3) is 0 Å². The molecule has 112 valence electrons. The van der Waals surface area contributed by atoms with Crippen molar-refractivity contribution in [1.82, 2.24) is 20.5 Å². The first kappa shape index (κ1) is 15.0. The maximum Gasteiger partial charge on any atom is 0.223 e. The zero-order valence-corrected chi connectivity index (χ0v) is 12.8. The second-order valence-corrected chi connectivity index (χ2v) is 6.89. The van der Waals surface area contributed by atoms with E-state index in [0.717, 1.165) is 24.6 Å². The molecule has 0 bridgehead atoms. The molecule has 1 fully saturated rings. The number of carbonyl (C=O) groups excluding carboxylic acids is 1. The van der Waals surface area contributed by atoms with Gasteiger partial charge in [-0.3, -0.25) is 9.89 Å². The average Bonchev–Trinajstić information content (AvgIpc) is 2.91. The lowest BCUT2D eigenvalue weighted by atomic mass is 9.69. The van der Waals surface area contributed by atoms with Crippen molar-refractivity contribution in [3.8, 4) is 0 Å². The van der Waals surface area contributed by atoms with Gasteiger partial charge in [0, 0.05) is 18.9 Å². The molecule has 1 aromatic rings. The summed E-state index contributed by atoms with van der Waals surface area (Å²) in [6.45, 7) is 7.54. The Labute approximate surface area is 120 Å². The van der Waals surface area contributed by atoms with Crippen LogP contribution in [0, 0.1) is 17.3 Å². The molecule has 1 saturated carbocycles. The largest absolute Gasteiger partial charge is 0.355 e. The lowest BCUT2D eigenvalue weighted by Crippen LogP contribution is -2.36. The molecule has 0 aromatic carbocycles. The maximum atomic E-state index is 12.1. The van der Waals surface area contributed by atoms with Crippen molar-refractivity contribution in [3.05, 3.63) is 12.2 Å². The fourth-order valence-electron chi connectivity index (χ4n) is 3.02. The summed E-state index contributed by atoms with van der Waals surface area (Å²) in [5.41, 5.74) is 0.369. The van der Waals surface area contributed by atoms with Crippen molar-refractivity contribution < 1.29 is 4.79 Å². The highest BCUT2D eigenvalue weighted by atomic mass is 16.1. The molecule has 0 aliphatic heterocycles. The number of nitrogens with one attached hydrogen (secondary N) is 2. The molecule has 5 heteroatoms. The van der Waals surface area contributed by atoms with Crippen LogP contribution in [0.5, 0.6) is 0 Å². The minimum Gasteiger partial charge on any atom is -0.355 e. The Morgan fingerprint density at radius 2 is 2.05 bits per heavy atom. The molecule has 2 N–H and O–H groups in total. The van der Waals surface area contributed by atoms with Crippen LogP contribution in [0.3, 0.4) is 0 Å². The van der Waals surface area contributed by atoms with Gasteiger partial charge in [-0.1, -0.05) is 20.8 Å². The second kappa shape index (κ2) is 6.37. The van der Waals surface area contributed by atoms with Crippen LogP contribution in [-0.2, 0) is 11.2 Å². The van der Waals surface area contributed by atoms with Crippen LogP contribution in [0.15, 0.2) is 6.33 Å². The summed E-state index contributed by atoms with van der Waals surface area (Å²) in [6, 6.07) is 0. The third-order valence-electron chi connectivity index (χ3n) is 4.45. The van der Waals surface area contributed by atoms with Gasteiger partial charge in [-0.2, -0.15) is 5.10 Å². The van der Waals surface area contributed by atoms with Crippen LogP contribution in [-0.4, -0.2) is 27.6 Å². The molecule has 0 radical (unpaired) electrons. The van der Waals surface area contributed by atoms with Crippen LogP contribution >= 0.6 is 0 Å². The van der Waals surface area contributed by atoms with E-state index in [9.17, 15) is 4.79 Å². The maximum absolute atomic E-state index is 12.1. The normalized spacial score (nSPS) is 23.6. The van der Waals surface area contributed by atoms with Crippen molar-refractivity contribution in [2.75, 3.05) is 6.54 Å². The highest BCUT2D eigenvalue weighted by Gasteiger charge is 2.32. The summed E-state index contributed by atoms with van der Waals surface area (Å²) in [6.07, 6.45) is 6.59. The van der Waals surface area contributed by atoms with E-state index in [1.165, 1.54) is 19.2 Å². The van der Waals surface area contributed by atoms with Crippen molar-refractivity contribution in [1.29, 1.82) is 0 Å². The predicted octanol–water partition coefficient (Wildman–Crippen LogP) is 2.32. The zero-order valence-electron chi connectivity index (χ0n) is 12.8. The molecular weight excluding hydrogens is 252 g/mol. The van der Waals surface area contributed by atoms with Crippen LogP contribution in [0.2, 0.25) is 0 Å². The van der Waals surface area contributed by atoms with E-state index < -0.39 is 0 Å². The van der Waals surface area contributed by atoms with E-state index >= 15 is 0 Å². The van der Waals surface area contributed by atoms with Gasteiger partial charge in [0.2, 0.25) is 5.91 Å². The number of aromatic amines is 1. The zero-order chi connectivity index (χ0) is 14.6. The summed E-state index contributed by atoms with van der Waals surface area (Å²) in [4.78, 5) is 16.2.